The third-order valence-corrected chi connectivity index (χ3v) is 10.7. The Morgan fingerprint density at radius 3 is 1.31 bits per heavy atom. The Bertz CT molecular complexity index is 675. The Morgan fingerprint density at radius 2 is 0.854 bits per heavy atom. The van der Waals surface area contributed by atoms with E-state index in [1.807, 2.05) is 0 Å². The zero-order valence-electron chi connectivity index (χ0n) is 33.0. The van der Waals surface area contributed by atoms with Crippen molar-refractivity contribution in [2.75, 3.05) is 6.54 Å². The van der Waals surface area contributed by atoms with Crippen molar-refractivity contribution in [3.63, 3.8) is 0 Å². The standard InChI is InChI=1S/C47H87N/c1-3-5-7-9-11-13-15-17-19-21-23-25-27-29-31-36-43-47(48-45-39-38-42-46-40-34-33-35-41-46)44-37-32-30-28-26-24-22-20-18-16-14-12-10-8-6-4-2/h11-14,17-20,46-48H,3-10,15-16,21-45H2,1-2H3/b13-11-,14-12-,19-17-,20-18-. The van der Waals surface area contributed by atoms with Gasteiger partial charge in [-0.25, -0.2) is 0 Å². The number of unbranched alkanes of at least 4 members (excludes halogenated alkanes) is 19. The minimum absolute atomic E-state index is 0.761. The van der Waals surface area contributed by atoms with Crippen LogP contribution in [0, 0.1) is 5.92 Å². The predicted octanol–water partition coefficient (Wildman–Crippen LogP) is 16.1. The van der Waals surface area contributed by atoms with Gasteiger partial charge in [-0.2, -0.15) is 0 Å². The number of hydrogen-bond donors (Lipinski definition) is 1. The Hall–Kier alpha value is -1.08. The Morgan fingerprint density at radius 1 is 0.438 bits per heavy atom. The summed E-state index contributed by atoms with van der Waals surface area (Å²) in [4.78, 5) is 0. The van der Waals surface area contributed by atoms with E-state index < -0.39 is 0 Å². The number of hydrogen-bond acceptors (Lipinski definition) is 1. The van der Waals surface area contributed by atoms with Crippen molar-refractivity contribution in [1.82, 2.24) is 5.32 Å². The minimum atomic E-state index is 0.761. The highest BCUT2D eigenvalue weighted by Gasteiger charge is 2.13. The van der Waals surface area contributed by atoms with Gasteiger partial charge < -0.3 is 5.32 Å². The van der Waals surface area contributed by atoms with Gasteiger partial charge in [0.2, 0.25) is 0 Å². The van der Waals surface area contributed by atoms with E-state index in [2.05, 4.69) is 67.8 Å². The van der Waals surface area contributed by atoms with E-state index in [-0.39, 0.29) is 0 Å². The van der Waals surface area contributed by atoms with Gasteiger partial charge in [-0.3, -0.25) is 0 Å². The summed E-state index contributed by atoms with van der Waals surface area (Å²) < 4.78 is 0. The van der Waals surface area contributed by atoms with Crippen LogP contribution in [-0.2, 0) is 0 Å². The molecule has 0 saturated heterocycles. The summed E-state index contributed by atoms with van der Waals surface area (Å²) >= 11 is 0. The van der Waals surface area contributed by atoms with E-state index in [4.69, 9.17) is 0 Å². The minimum Gasteiger partial charge on any atom is -0.314 e. The fraction of sp³-hybridized carbons (Fsp3) is 0.830. The van der Waals surface area contributed by atoms with E-state index in [1.165, 1.54) is 212 Å². The SMILES string of the molecule is CCCCC/C=C\C/C=C\CCCCCCCCC(CCCCCCCC/C=C\C/C=C\CCCCC)NCCCCC1CCCCC1. The lowest BCUT2D eigenvalue weighted by atomic mass is 9.86. The second kappa shape index (κ2) is 38.7. The largest absolute Gasteiger partial charge is 0.314 e. The lowest BCUT2D eigenvalue weighted by molar-refractivity contribution is 0.326. The van der Waals surface area contributed by atoms with Gasteiger partial charge in [0.05, 0.1) is 0 Å². The molecule has 0 aromatic carbocycles. The highest BCUT2D eigenvalue weighted by atomic mass is 14.9. The normalized spacial score (nSPS) is 14.7. The van der Waals surface area contributed by atoms with Crippen molar-refractivity contribution < 1.29 is 0 Å². The average molecular weight is 666 g/mol. The summed E-state index contributed by atoms with van der Waals surface area (Å²) in [5.41, 5.74) is 0. The monoisotopic (exact) mass is 666 g/mol. The third-order valence-electron chi connectivity index (χ3n) is 10.7. The van der Waals surface area contributed by atoms with Crippen molar-refractivity contribution in [2.24, 2.45) is 5.92 Å². The second-order valence-electron chi connectivity index (χ2n) is 15.4. The van der Waals surface area contributed by atoms with Crippen LogP contribution in [-0.4, -0.2) is 12.6 Å². The molecule has 0 atom stereocenters. The molecule has 280 valence electrons. The van der Waals surface area contributed by atoms with Crippen molar-refractivity contribution in [2.45, 2.75) is 238 Å². The molecule has 0 aromatic rings. The van der Waals surface area contributed by atoms with E-state index in [9.17, 15) is 0 Å². The molecule has 1 rings (SSSR count). The molecule has 0 spiro atoms. The highest BCUT2D eigenvalue weighted by molar-refractivity contribution is 4.93. The molecule has 1 heteroatoms. The summed E-state index contributed by atoms with van der Waals surface area (Å²) in [5, 5.41) is 4.04. The summed E-state index contributed by atoms with van der Waals surface area (Å²) in [6.45, 7) is 5.81. The predicted molar refractivity (Wildman–Crippen MR) is 220 cm³/mol. The lowest BCUT2D eigenvalue weighted by Gasteiger charge is -2.22. The molecular formula is C47H87N. The molecule has 0 unspecified atom stereocenters. The Balaban J connectivity index is 2.11. The van der Waals surface area contributed by atoms with Gasteiger partial charge in [-0.15, -0.1) is 0 Å². The topological polar surface area (TPSA) is 12.0 Å². The molecule has 0 aliphatic heterocycles. The number of allylic oxidation sites excluding steroid dienone is 8. The van der Waals surface area contributed by atoms with Gasteiger partial charge in [0.25, 0.3) is 0 Å². The molecular weight excluding hydrogens is 579 g/mol. The summed E-state index contributed by atoms with van der Waals surface area (Å²) in [7, 11) is 0. The van der Waals surface area contributed by atoms with Gasteiger partial charge in [-0.1, -0.05) is 197 Å². The first-order valence-corrected chi connectivity index (χ1v) is 22.2. The third kappa shape index (κ3) is 33.4. The van der Waals surface area contributed by atoms with Crippen molar-refractivity contribution in [3.05, 3.63) is 48.6 Å². The maximum atomic E-state index is 4.04. The molecule has 0 bridgehead atoms. The van der Waals surface area contributed by atoms with Crippen molar-refractivity contribution >= 4 is 0 Å². The number of rotatable bonds is 36. The summed E-state index contributed by atoms with van der Waals surface area (Å²) in [6.07, 6.45) is 66.0. The highest BCUT2D eigenvalue weighted by Crippen LogP contribution is 2.27. The second-order valence-corrected chi connectivity index (χ2v) is 15.4. The van der Waals surface area contributed by atoms with Crippen LogP contribution in [0.25, 0.3) is 0 Å². The van der Waals surface area contributed by atoms with Crippen LogP contribution in [0.1, 0.15) is 232 Å². The molecule has 1 nitrogen and oxygen atoms in total. The molecule has 0 heterocycles. The van der Waals surface area contributed by atoms with Gasteiger partial charge in [-0.05, 0) is 95.9 Å². The van der Waals surface area contributed by atoms with Gasteiger partial charge in [0.15, 0.2) is 0 Å². The summed E-state index contributed by atoms with van der Waals surface area (Å²) in [6, 6.07) is 0.761. The molecule has 1 aliphatic carbocycles. The zero-order chi connectivity index (χ0) is 34.3. The van der Waals surface area contributed by atoms with Crippen molar-refractivity contribution in [1.29, 1.82) is 0 Å². The van der Waals surface area contributed by atoms with E-state index in [1.54, 1.807) is 0 Å². The van der Waals surface area contributed by atoms with E-state index >= 15 is 0 Å². The van der Waals surface area contributed by atoms with Crippen LogP contribution in [0.4, 0.5) is 0 Å². The average Bonchev–Trinajstić information content (AvgIpc) is 3.11. The fourth-order valence-electron chi connectivity index (χ4n) is 7.45. The Labute approximate surface area is 303 Å². The van der Waals surface area contributed by atoms with Crippen LogP contribution in [0.15, 0.2) is 48.6 Å². The van der Waals surface area contributed by atoms with Gasteiger partial charge in [0, 0.05) is 6.04 Å². The maximum absolute atomic E-state index is 4.04. The molecule has 0 amide bonds. The quantitative estimate of drug-likeness (QED) is 0.0519. The zero-order valence-corrected chi connectivity index (χ0v) is 33.0. The van der Waals surface area contributed by atoms with Gasteiger partial charge in [0.1, 0.15) is 0 Å². The molecule has 0 aromatic heterocycles. The molecule has 0 radical (unpaired) electrons. The molecule has 48 heavy (non-hydrogen) atoms. The first kappa shape index (κ1) is 44.9. The molecule has 1 saturated carbocycles. The Kier molecular flexibility index (Phi) is 36.3. The fourth-order valence-corrected chi connectivity index (χ4v) is 7.45. The van der Waals surface area contributed by atoms with Crippen LogP contribution < -0.4 is 5.32 Å². The smallest absolute Gasteiger partial charge is 0.00670 e. The van der Waals surface area contributed by atoms with Crippen molar-refractivity contribution in [3.8, 4) is 0 Å². The first-order chi connectivity index (χ1) is 23.9. The first-order valence-electron chi connectivity index (χ1n) is 22.2. The molecule has 1 fully saturated rings. The van der Waals surface area contributed by atoms with E-state index in [0.717, 1.165) is 24.8 Å². The summed E-state index contributed by atoms with van der Waals surface area (Å²) in [5.74, 6) is 1.05. The lowest BCUT2D eigenvalue weighted by Crippen LogP contribution is -2.30. The molecule has 1 N–H and O–H groups in total. The van der Waals surface area contributed by atoms with Crippen LogP contribution in [0.5, 0.6) is 0 Å². The van der Waals surface area contributed by atoms with Crippen LogP contribution in [0.2, 0.25) is 0 Å². The van der Waals surface area contributed by atoms with Crippen LogP contribution >= 0.6 is 0 Å². The van der Waals surface area contributed by atoms with E-state index in [0.29, 0.717) is 0 Å². The van der Waals surface area contributed by atoms with Gasteiger partial charge >= 0.3 is 0 Å². The number of nitrogens with one attached hydrogen (secondary N) is 1. The molecule has 1 aliphatic rings. The maximum Gasteiger partial charge on any atom is 0.00670 e. The van der Waals surface area contributed by atoms with Crippen LogP contribution in [0.3, 0.4) is 0 Å².